The molecule has 4 rings (SSSR count). The van der Waals surface area contributed by atoms with Crippen LogP contribution in [0.25, 0.3) is 0 Å². The van der Waals surface area contributed by atoms with E-state index in [1.165, 1.54) is 38.5 Å². The van der Waals surface area contributed by atoms with Crippen LogP contribution >= 0.6 is 0 Å². The van der Waals surface area contributed by atoms with Crippen LogP contribution in [0.2, 0.25) is 0 Å². The van der Waals surface area contributed by atoms with Gasteiger partial charge in [-0.2, -0.15) is 5.10 Å². The number of nitrogens with one attached hydrogen (secondary N) is 2. The van der Waals surface area contributed by atoms with Crippen molar-refractivity contribution in [2.75, 3.05) is 19.6 Å². The van der Waals surface area contributed by atoms with Gasteiger partial charge in [-0.3, -0.25) is 9.89 Å². The van der Waals surface area contributed by atoms with E-state index in [1.807, 2.05) is 0 Å². The summed E-state index contributed by atoms with van der Waals surface area (Å²) < 4.78 is 0. The van der Waals surface area contributed by atoms with Gasteiger partial charge in [-0.05, 0) is 31.1 Å². The number of hydrogen-bond donors (Lipinski definition) is 2. The molecule has 0 atom stereocenters. The largest absolute Gasteiger partial charge is 0.337 e. The second-order valence-electron chi connectivity index (χ2n) is 7.35. The highest BCUT2D eigenvalue weighted by molar-refractivity contribution is 5.94. The number of likely N-dealkylation sites (tertiary alicyclic amines) is 1. The van der Waals surface area contributed by atoms with Gasteiger partial charge in [0.15, 0.2) is 5.69 Å². The van der Waals surface area contributed by atoms with Crippen LogP contribution < -0.4 is 5.32 Å². The van der Waals surface area contributed by atoms with Crippen LogP contribution in [0.15, 0.2) is 0 Å². The normalized spacial score (nSPS) is 24.3. The van der Waals surface area contributed by atoms with E-state index in [2.05, 4.69) is 20.4 Å². The molecule has 5 heteroatoms. The van der Waals surface area contributed by atoms with Crippen molar-refractivity contribution < 1.29 is 4.79 Å². The Morgan fingerprint density at radius 2 is 1.95 bits per heavy atom. The maximum Gasteiger partial charge on any atom is 0.274 e. The lowest BCUT2D eigenvalue weighted by Gasteiger charge is -2.45. The van der Waals surface area contributed by atoms with Crippen molar-refractivity contribution in [1.29, 1.82) is 0 Å². The average molecular weight is 302 g/mol. The predicted molar refractivity (Wildman–Crippen MR) is 84.7 cm³/mol. The Bertz CT molecular complexity index is 553. The van der Waals surface area contributed by atoms with Crippen molar-refractivity contribution in [2.24, 2.45) is 5.41 Å². The molecule has 1 amide bonds. The predicted octanol–water partition coefficient (Wildman–Crippen LogP) is 2.24. The number of hydrogen-bond acceptors (Lipinski definition) is 3. The summed E-state index contributed by atoms with van der Waals surface area (Å²) in [6, 6.07) is 0. The van der Waals surface area contributed by atoms with Gasteiger partial charge in [0.25, 0.3) is 5.91 Å². The SMILES string of the molecule is O=C(c1n[nH]c2c1CNCC2)N1CCCC2(CCCCC2)C1. The number of carbonyl (C=O) groups is 1. The molecular formula is C17H26N4O. The van der Waals surface area contributed by atoms with Crippen LogP contribution in [0, 0.1) is 5.41 Å². The van der Waals surface area contributed by atoms with E-state index >= 15 is 0 Å². The fourth-order valence-electron chi connectivity index (χ4n) is 4.64. The Morgan fingerprint density at radius 1 is 1.14 bits per heavy atom. The molecular weight excluding hydrogens is 276 g/mol. The molecule has 0 radical (unpaired) electrons. The number of amides is 1. The molecule has 120 valence electrons. The van der Waals surface area contributed by atoms with E-state index in [-0.39, 0.29) is 5.91 Å². The van der Waals surface area contributed by atoms with Crippen LogP contribution in [0.3, 0.4) is 0 Å². The summed E-state index contributed by atoms with van der Waals surface area (Å²) in [5, 5.41) is 10.8. The lowest BCUT2D eigenvalue weighted by atomic mass is 9.69. The van der Waals surface area contributed by atoms with Crippen LogP contribution in [-0.2, 0) is 13.0 Å². The quantitative estimate of drug-likeness (QED) is 0.836. The molecule has 2 aliphatic heterocycles. The zero-order chi connectivity index (χ0) is 15.0. The third-order valence-corrected chi connectivity index (χ3v) is 5.87. The molecule has 3 heterocycles. The van der Waals surface area contributed by atoms with Crippen molar-refractivity contribution in [3.63, 3.8) is 0 Å². The van der Waals surface area contributed by atoms with Gasteiger partial charge < -0.3 is 10.2 Å². The van der Waals surface area contributed by atoms with E-state index in [0.29, 0.717) is 11.1 Å². The average Bonchev–Trinajstić information content (AvgIpc) is 2.99. The maximum atomic E-state index is 13.0. The zero-order valence-electron chi connectivity index (χ0n) is 13.3. The number of H-pyrrole nitrogens is 1. The number of piperidine rings is 1. The van der Waals surface area contributed by atoms with Gasteiger partial charge >= 0.3 is 0 Å². The summed E-state index contributed by atoms with van der Waals surface area (Å²) in [5.41, 5.74) is 3.31. The summed E-state index contributed by atoms with van der Waals surface area (Å²) >= 11 is 0. The maximum absolute atomic E-state index is 13.0. The summed E-state index contributed by atoms with van der Waals surface area (Å²) in [5.74, 6) is 0.144. The van der Waals surface area contributed by atoms with Gasteiger partial charge in [-0.1, -0.05) is 19.3 Å². The van der Waals surface area contributed by atoms with Crippen molar-refractivity contribution in [2.45, 2.75) is 57.9 Å². The van der Waals surface area contributed by atoms with Crippen LogP contribution in [-0.4, -0.2) is 40.6 Å². The molecule has 5 nitrogen and oxygen atoms in total. The number of carbonyl (C=O) groups excluding carboxylic acids is 1. The Labute approximate surface area is 131 Å². The topological polar surface area (TPSA) is 61.0 Å². The lowest BCUT2D eigenvalue weighted by molar-refractivity contribution is 0.0378. The van der Waals surface area contributed by atoms with Gasteiger partial charge in [0.1, 0.15) is 0 Å². The highest BCUT2D eigenvalue weighted by atomic mass is 16.2. The third-order valence-electron chi connectivity index (χ3n) is 5.87. The molecule has 1 aliphatic carbocycles. The van der Waals surface area contributed by atoms with Crippen molar-refractivity contribution >= 4 is 5.91 Å². The van der Waals surface area contributed by atoms with Gasteiger partial charge in [0.2, 0.25) is 0 Å². The van der Waals surface area contributed by atoms with Gasteiger partial charge in [-0.15, -0.1) is 0 Å². The summed E-state index contributed by atoms with van der Waals surface area (Å²) in [4.78, 5) is 15.1. The molecule has 2 fully saturated rings. The summed E-state index contributed by atoms with van der Waals surface area (Å²) in [6.07, 6.45) is 10.0. The molecule has 3 aliphatic rings. The zero-order valence-corrected chi connectivity index (χ0v) is 13.3. The molecule has 1 spiro atoms. The highest BCUT2D eigenvalue weighted by Crippen LogP contribution is 2.43. The van der Waals surface area contributed by atoms with Crippen molar-refractivity contribution in [1.82, 2.24) is 20.4 Å². The van der Waals surface area contributed by atoms with Gasteiger partial charge in [-0.25, -0.2) is 0 Å². The Kier molecular flexibility index (Phi) is 3.68. The fourth-order valence-corrected chi connectivity index (χ4v) is 4.64. The van der Waals surface area contributed by atoms with E-state index in [4.69, 9.17) is 0 Å². The van der Waals surface area contributed by atoms with Crippen molar-refractivity contribution in [3.05, 3.63) is 17.0 Å². The van der Waals surface area contributed by atoms with Crippen LogP contribution in [0.5, 0.6) is 0 Å². The van der Waals surface area contributed by atoms with Crippen molar-refractivity contribution in [3.8, 4) is 0 Å². The minimum Gasteiger partial charge on any atom is -0.337 e. The molecule has 0 aromatic carbocycles. The van der Waals surface area contributed by atoms with Crippen LogP contribution in [0.4, 0.5) is 0 Å². The molecule has 1 aromatic rings. The second kappa shape index (κ2) is 5.69. The third kappa shape index (κ3) is 2.45. The van der Waals surface area contributed by atoms with E-state index in [1.54, 1.807) is 0 Å². The first-order chi connectivity index (χ1) is 10.8. The molecule has 2 N–H and O–H groups in total. The van der Waals surface area contributed by atoms with Gasteiger partial charge in [0, 0.05) is 43.9 Å². The minimum atomic E-state index is 0.144. The van der Waals surface area contributed by atoms with E-state index in [9.17, 15) is 4.79 Å². The Balaban J connectivity index is 1.53. The summed E-state index contributed by atoms with van der Waals surface area (Å²) in [7, 11) is 0. The number of nitrogens with zero attached hydrogens (tertiary/aromatic N) is 2. The Hall–Kier alpha value is -1.36. The number of aromatic amines is 1. The first kappa shape index (κ1) is 14.2. The number of fused-ring (bicyclic) bond motifs is 1. The number of rotatable bonds is 1. The fraction of sp³-hybridized carbons (Fsp3) is 0.765. The molecule has 0 unspecified atom stereocenters. The molecule has 0 bridgehead atoms. The van der Waals surface area contributed by atoms with Crippen LogP contribution in [0.1, 0.15) is 66.7 Å². The highest BCUT2D eigenvalue weighted by Gasteiger charge is 2.39. The second-order valence-corrected chi connectivity index (χ2v) is 7.35. The Morgan fingerprint density at radius 3 is 2.82 bits per heavy atom. The lowest BCUT2D eigenvalue weighted by Crippen LogP contribution is -2.47. The number of aromatic nitrogens is 2. The van der Waals surface area contributed by atoms with E-state index in [0.717, 1.165) is 50.3 Å². The smallest absolute Gasteiger partial charge is 0.274 e. The monoisotopic (exact) mass is 302 g/mol. The van der Waals surface area contributed by atoms with E-state index < -0.39 is 0 Å². The molecule has 1 aromatic heterocycles. The first-order valence-corrected chi connectivity index (χ1v) is 8.84. The molecule has 22 heavy (non-hydrogen) atoms. The van der Waals surface area contributed by atoms with Gasteiger partial charge in [0.05, 0.1) is 0 Å². The molecule has 1 saturated heterocycles. The summed E-state index contributed by atoms with van der Waals surface area (Å²) in [6.45, 7) is 3.58. The first-order valence-electron chi connectivity index (χ1n) is 8.84. The molecule has 1 saturated carbocycles. The standard InChI is InChI=1S/C17H26N4O/c22-16(15-13-11-18-9-5-14(13)19-20-15)21-10-4-8-17(12-21)6-2-1-3-7-17/h18H,1-12H2,(H,19,20). The minimum absolute atomic E-state index is 0.144.